The number of rotatable bonds is 7. The number of amides is 1. The molecular weight excluding hydrogens is 240 g/mol. The van der Waals surface area contributed by atoms with E-state index in [4.69, 9.17) is 5.73 Å². The van der Waals surface area contributed by atoms with Gasteiger partial charge in [-0.1, -0.05) is 30.3 Å². The summed E-state index contributed by atoms with van der Waals surface area (Å²) >= 11 is 0. The maximum absolute atomic E-state index is 11.8. The van der Waals surface area contributed by atoms with E-state index in [9.17, 15) is 9.90 Å². The molecule has 1 aromatic carbocycles. The fourth-order valence-corrected chi connectivity index (χ4v) is 2.25. The third kappa shape index (κ3) is 4.65. The van der Waals surface area contributed by atoms with E-state index in [1.807, 2.05) is 30.3 Å². The molecule has 2 rings (SSSR count). The highest BCUT2D eigenvalue weighted by Crippen LogP contribution is 2.32. The summed E-state index contributed by atoms with van der Waals surface area (Å²) in [7, 11) is 0. The van der Waals surface area contributed by atoms with Gasteiger partial charge in [0.15, 0.2) is 0 Å². The van der Waals surface area contributed by atoms with Gasteiger partial charge in [-0.3, -0.25) is 4.79 Å². The minimum absolute atomic E-state index is 0.0314. The molecule has 1 unspecified atom stereocenters. The lowest BCUT2D eigenvalue weighted by molar-refractivity contribution is -0.122. The molecule has 1 aliphatic carbocycles. The van der Waals surface area contributed by atoms with Gasteiger partial charge in [0.25, 0.3) is 0 Å². The standard InChI is InChI=1S/C15H22N2O2/c16-14(12-6-7-12)9-15(19)17-13(10-18)8-11-4-2-1-3-5-11/h1-5,12-14,18H,6-10,16H2,(H,17,19)/t13-,14?/m0/s1. The molecule has 4 heteroatoms. The number of aliphatic hydroxyl groups excluding tert-OH is 1. The molecular formula is C15H22N2O2. The Morgan fingerprint density at radius 3 is 2.63 bits per heavy atom. The van der Waals surface area contributed by atoms with Gasteiger partial charge < -0.3 is 16.2 Å². The number of aliphatic hydroxyl groups is 1. The Balaban J connectivity index is 1.79. The van der Waals surface area contributed by atoms with E-state index in [0.29, 0.717) is 18.8 Å². The monoisotopic (exact) mass is 262 g/mol. The van der Waals surface area contributed by atoms with Crippen LogP contribution in [0.1, 0.15) is 24.8 Å². The van der Waals surface area contributed by atoms with Gasteiger partial charge in [-0.2, -0.15) is 0 Å². The van der Waals surface area contributed by atoms with Crippen LogP contribution in [-0.2, 0) is 11.2 Å². The zero-order chi connectivity index (χ0) is 13.7. The summed E-state index contributed by atoms with van der Waals surface area (Å²) < 4.78 is 0. The van der Waals surface area contributed by atoms with E-state index in [0.717, 1.165) is 18.4 Å². The fraction of sp³-hybridized carbons (Fsp3) is 0.533. The van der Waals surface area contributed by atoms with Crippen molar-refractivity contribution in [1.29, 1.82) is 0 Å². The van der Waals surface area contributed by atoms with Crippen LogP contribution in [0.25, 0.3) is 0 Å². The SMILES string of the molecule is NC(CC(=O)N[C@H](CO)Cc1ccccc1)C1CC1. The molecule has 0 spiro atoms. The summed E-state index contributed by atoms with van der Waals surface area (Å²) in [6, 6.07) is 9.57. The van der Waals surface area contributed by atoms with Crippen molar-refractivity contribution in [3.05, 3.63) is 35.9 Å². The molecule has 0 aliphatic heterocycles. The Morgan fingerprint density at radius 1 is 1.37 bits per heavy atom. The van der Waals surface area contributed by atoms with Crippen molar-refractivity contribution < 1.29 is 9.90 Å². The highest BCUT2D eigenvalue weighted by Gasteiger charge is 2.30. The molecule has 19 heavy (non-hydrogen) atoms. The average Bonchev–Trinajstić information content (AvgIpc) is 3.23. The van der Waals surface area contributed by atoms with Gasteiger partial charge in [-0.15, -0.1) is 0 Å². The van der Waals surface area contributed by atoms with E-state index in [1.54, 1.807) is 0 Å². The van der Waals surface area contributed by atoms with Crippen LogP contribution < -0.4 is 11.1 Å². The zero-order valence-electron chi connectivity index (χ0n) is 11.1. The first-order chi connectivity index (χ1) is 9.19. The number of hydrogen-bond acceptors (Lipinski definition) is 3. The largest absolute Gasteiger partial charge is 0.394 e. The minimum Gasteiger partial charge on any atom is -0.394 e. The van der Waals surface area contributed by atoms with Crippen LogP contribution in [0.4, 0.5) is 0 Å². The molecule has 4 N–H and O–H groups in total. The topological polar surface area (TPSA) is 75.4 Å². The second-order valence-electron chi connectivity index (χ2n) is 5.34. The third-order valence-corrected chi connectivity index (χ3v) is 3.56. The summed E-state index contributed by atoms with van der Waals surface area (Å²) in [5, 5.41) is 12.2. The van der Waals surface area contributed by atoms with Crippen LogP contribution in [0.2, 0.25) is 0 Å². The normalized spacial score (nSPS) is 17.8. The van der Waals surface area contributed by atoms with E-state index < -0.39 is 0 Å². The second kappa shape index (κ2) is 6.68. The van der Waals surface area contributed by atoms with Crippen LogP contribution in [0.15, 0.2) is 30.3 Å². The van der Waals surface area contributed by atoms with Crippen molar-refractivity contribution >= 4 is 5.91 Å². The molecule has 4 nitrogen and oxygen atoms in total. The van der Waals surface area contributed by atoms with Crippen molar-refractivity contribution in [2.75, 3.05) is 6.61 Å². The lowest BCUT2D eigenvalue weighted by Crippen LogP contribution is -2.41. The maximum atomic E-state index is 11.8. The molecule has 0 heterocycles. The van der Waals surface area contributed by atoms with Gasteiger partial charge in [0, 0.05) is 12.5 Å². The zero-order valence-corrected chi connectivity index (χ0v) is 11.1. The summed E-state index contributed by atoms with van der Waals surface area (Å²) in [5.41, 5.74) is 7.03. The van der Waals surface area contributed by atoms with Gasteiger partial charge in [0.1, 0.15) is 0 Å². The fourth-order valence-electron chi connectivity index (χ4n) is 2.25. The molecule has 104 valence electrons. The molecule has 0 radical (unpaired) electrons. The van der Waals surface area contributed by atoms with E-state index in [1.165, 1.54) is 0 Å². The van der Waals surface area contributed by atoms with E-state index >= 15 is 0 Å². The van der Waals surface area contributed by atoms with Crippen molar-refractivity contribution in [3.63, 3.8) is 0 Å². The summed E-state index contributed by atoms with van der Waals surface area (Å²) in [6.07, 6.45) is 3.28. The number of carbonyl (C=O) groups excluding carboxylic acids is 1. The predicted octanol–water partition coefficient (Wildman–Crippen LogP) is 0.834. The van der Waals surface area contributed by atoms with Crippen LogP contribution >= 0.6 is 0 Å². The number of nitrogens with one attached hydrogen (secondary N) is 1. The third-order valence-electron chi connectivity index (χ3n) is 3.56. The first-order valence-corrected chi connectivity index (χ1v) is 6.88. The Labute approximate surface area is 114 Å². The van der Waals surface area contributed by atoms with Gasteiger partial charge in [0.2, 0.25) is 5.91 Å². The lowest BCUT2D eigenvalue weighted by Gasteiger charge is -2.18. The highest BCUT2D eigenvalue weighted by molar-refractivity contribution is 5.77. The van der Waals surface area contributed by atoms with Crippen molar-refractivity contribution in [1.82, 2.24) is 5.32 Å². The lowest BCUT2D eigenvalue weighted by atomic mass is 10.1. The van der Waals surface area contributed by atoms with Crippen LogP contribution in [-0.4, -0.2) is 29.7 Å². The molecule has 1 fully saturated rings. The van der Waals surface area contributed by atoms with E-state index in [2.05, 4.69) is 5.32 Å². The second-order valence-corrected chi connectivity index (χ2v) is 5.34. The molecule has 0 saturated heterocycles. The molecule has 2 atom stereocenters. The van der Waals surface area contributed by atoms with Gasteiger partial charge >= 0.3 is 0 Å². The smallest absolute Gasteiger partial charge is 0.221 e. The summed E-state index contributed by atoms with van der Waals surface area (Å²) in [5.74, 6) is 0.460. The number of hydrogen-bond donors (Lipinski definition) is 3. The van der Waals surface area contributed by atoms with Crippen molar-refractivity contribution in [3.8, 4) is 0 Å². The summed E-state index contributed by atoms with van der Waals surface area (Å²) in [6.45, 7) is -0.0562. The number of carbonyl (C=O) groups is 1. The molecule has 1 amide bonds. The Morgan fingerprint density at radius 2 is 2.05 bits per heavy atom. The predicted molar refractivity (Wildman–Crippen MR) is 74.5 cm³/mol. The van der Waals surface area contributed by atoms with Crippen LogP contribution in [0, 0.1) is 5.92 Å². The molecule has 1 aliphatic rings. The molecule has 0 bridgehead atoms. The number of benzene rings is 1. The molecule has 1 saturated carbocycles. The summed E-state index contributed by atoms with van der Waals surface area (Å²) in [4.78, 5) is 11.8. The molecule has 1 aromatic rings. The number of nitrogens with two attached hydrogens (primary N) is 1. The first kappa shape index (κ1) is 14.0. The van der Waals surface area contributed by atoms with E-state index in [-0.39, 0.29) is 24.6 Å². The van der Waals surface area contributed by atoms with Gasteiger partial charge in [-0.25, -0.2) is 0 Å². The quantitative estimate of drug-likeness (QED) is 0.681. The maximum Gasteiger partial charge on any atom is 0.221 e. The average molecular weight is 262 g/mol. The van der Waals surface area contributed by atoms with Crippen LogP contribution in [0.3, 0.4) is 0 Å². The Bertz CT molecular complexity index is 404. The molecule has 0 aromatic heterocycles. The Hall–Kier alpha value is -1.39. The minimum atomic E-state index is -0.235. The van der Waals surface area contributed by atoms with Crippen molar-refractivity contribution in [2.45, 2.75) is 37.8 Å². The first-order valence-electron chi connectivity index (χ1n) is 6.88. The highest BCUT2D eigenvalue weighted by atomic mass is 16.3. The van der Waals surface area contributed by atoms with Crippen molar-refractivity contribution in [2.24, 2.45) is 11.7 Å². The Kier molecular flexibility index (Phi) is 4.93. The van der Waals surface area contributed by atoms with Gasteiger partial charge in [0.05, 0.1) is 12.6 Å². The van der Waals surface area contributed by atoms with Gasteiger partial charge in [-0.05, 0) is 30.7 Å². The van der Waals surface area contributed by atoms with Crippen LogP contribution in [0.5, 0.6) is 0 Å².